The lowest BCUT2D eigenvalue weighted by Gasteiger charge is -2.14. The predicted molar refractivity (Wildman–Crippen MR) is 107 cm³/mol. The molecule has 6 nitrogen and oxygen atoms in total. The van der Waals surface area contributed by atoms with Gasteiger partial charge in [0.25, 0.3) is 11.5 Å². The van der Waals surface area contributed by atoms with Gasteiger partial charge < -0.3 is 10.4 Å². The lowest BCUT2D eigenvalue weighted by atomic mass is 10.1. The minimum Gasteiger partial charge on any atom is -0.506 e. The minimum absolute atomic E-state index is 0.0371. The molecule has 1 amide bonds. The van der Waals surface area contributed by atoms with Gasteiger partial charge in [0.15, 0.2) is 5.65 Å². The van der Waals surface area contributed by atoms with E-state index in [0.717, 1.165) is 6.07 Å². The summed E-state index contributed by atoms with van der Waals surface area (Å²) in [6.07, 6.45) is 1.47. The van der Waals surface area contributed by atoms with Gasteiger partial charge in [-0.15, -0.1) is 0 Å². The molecule has 8 heteroatoms. The van der Waals surface area contributed by atoms with Crippen LogP contribution in [0.15, 0.2) is 71.7 Å². The van der Waals surface area contributed by atoms with Crippen LogP contribution in [0.5, 0.6) is 5.75 Å². The molecular formula is C22H15F2N3O3. The Morgan fingerprint density at radius 3 is 2.57 bits per heavy atom. The van der Waals surface area contributed by atoms with Crippen molar-refractivity contribution in [3.05, 3.63) is 100.0 Å². The Morgan fingerprint density at radius 2 is 1.83 bits per heavy atom. The molecule has 0 bridgehead atoms. The van der Waals surface area contributed by atoms with Crippen molar-refractivity contribution < 1.29 is 18.7 Å². The number of amides is 1. The molecule has 0 aliphatic heterocycles. The van der Waals surface area contributed by atoms with E-state index in [1.54, 1.807) is 36.4 Å². The second-order valence-electron chi connectivity index (χ2n) is 6.49. The summed E-state index contributed by atoms with van der Waals surface area (Å²) < 4.78 is 28.1. The number of hydrogen-bond acceptors (Lipinski definition) is 4. The number of pyridine rings is 2. The first-order valence-electron chi connectivity index (χ1n) is 8.97. The first-order chi connectivity index (χ1) is 14.5. The van der Waals surface area contributed by atoms with Crippen LogP contribution in [0.3, 0.4) is 0 Å². The van der Waals surface area contributed by atoms with Crippen LogP contribution >= 0.6 is 0 Å². The summed E-state index contributed by atoms with van der Waals surface area (Å²) in [6.45, 7) is -0.291. The summed E-state index contributed by atoms with van der Waals surface area (Å²) in [7, 11) is 0. The van der Waals surface area contributed by atoms with Crippen LogP contribution in [0, 0.1) is 11.6 Å². The second kappa shape index (κ2) is 7.75. The Hall–Kier alpha value is -4.07. The van der Waals surface area contributed by atoms with Gasteiger partial charge in [0, 0.05) is 24.4 Å². The van der Waals surface area contributed by atoms with Crippen LogP contribution in [0.25, 0.3) is 16.7 Å². The SMILES string of the molecule is O=C(NCc1ccc(F)cc1F)c1c(O)c2cccnc2n(-c2ccccc2)c1=O. The lowest BCUT2D eigenvalue weighted by molar-refractivity contribution is 0.0946. The fourth-order valence-corrected chi connectivity index (χ4v) is 3.15. The molecule has 0 atom stereocenters. The molecule has 0 radical (unpaired) electrons. The van der Waals surface area contributed by atoms with Gasteiger partial charge >= 0.3 is 0 Å². The number of para-hydroxylation sites is 1. The molecule has 0 aliphatic rings. The van der Waals surface area contributed by atoms with Crippen molar-refractivity contribution in [1.29, 1.82) is 0 Å². The highest BCUT2D eigenvalue weighted by molar-refractivity contribution is 6.02. The maximum absolute atomic E-state index is 13.8. The molecule has 4 aromatic rings. The summed E-state index contributed by atoms with van der Waals surface area (Å²) in [5, 5.41) is 13.2. The van der Waals surface area contributed by atoms with Crippen molar-refractivity contribution in [2.45, 2.75) is 6.54 Å². The second-order valence-corrected chi connectivity index (χ2v) is 6.49. The number of halogens is 2. The molecule has 0 spiro atoms. The van der Waals surface area contributed by atoms with E-state index in [1.807, 2.05) is 0 Å². The monoisotopic (exact) mass is 407 g/mol. The van der Waals surface area contributed by atoms with Crippen molar-refractivity contribution in [2.75, 3.05) is 0 Å². The first-order valence-corrected chi connectivity index (χ1v) is 8.97. The van der Waals surface area contributed by atoms with Crippen molar-refractivity contribution in [3.63, 3.8) is 0 Å². The fraction of sp³-hybridized carbons (Fsp3) is 0.0455. The Labute approximate surface area is 169 Å². The normalized spacial score (nSPS) is 10.9. The van der Waals surface area contributed by atoms with Crippen molar-refractivity contribution in [1.82, 2.24) is 14.9 Å². The average molecular weight is 407 g/mol. The number of aromatic hydroxyl groups is 1. The number of carbonyl (C=O) groups is 1. The molecule has 0 fully saturated rings. The van der Waals surface area contributed by atoms with E-state index in [9.17, 15) is 23.5 Å². The third-order valence-electron chi connectivity index (χ3n) is 4.60. The molecule has 2 heterocycles. The zero-order chi connectivity index (χ0) is 21.3. The highest BCUT2D eigenvalue weighted by Crippen LogP contribution is 2.26. The molecular weight excluding hydrogens is 392 g/mol. The maximum atomic E-state index is 13.8. The predicted octanol–water partition coefficient (Wildman–Crippen LogP) is 3.30. The van der Waals surface area contributed by atoms with Gasteiger partial charge in [0.05, 0.1) is 11.1 Å². The molecule has 0 saturated carbocycles. The van der Waals surface area contributed by atoms with Crippen molar-refractivity contribution >= 4 is 16.9 Å². The van der Waals surface area contributed by atoms with Crippen molar-refractivity contribution in [3.8, 4) is 11.4 Å². The number of rotatable bonds is 4. The molecule has 4 rings (SSSR count). The van der Waals surface area contributed by atoms with E-state index in [0.29, 0.717) is 11.8 Å². The van der Waals surface area contributed by atoms with Gasteiger partial charge in [0.1, 0.15) is 22.9 Å². The highest BCUT2D eigenvalue weighted by Gasteiger charge is 2.23. The van der Waals surface area contributed by atoms with Gasteiger partial charge in [0.2, 0.25) is 0 Å². The smallest absolute Gasteiger partial charge is 0.273 e. The number of benzene rings is 2. The summed E-state index contributed by atoms with van der Waals surface area (Å²) >= 11 is 0. The Balaban J connectivity index is 1.81. The molecule has 0 unspecified atom stereocenters. The topological polar surface area (TPSA) is 84.2 Å². The lowest BCUT2D eigenvalue weighted by Crippen LogP contribution is -2.33. The summed E-state index contributed by atoms with van der Waals surface area (Å²) in [5.74, 6) is -2.99. The van der Waals surface area contributed by atoms with Crippen LogP contribution in [0.1, 0.15) is 15.9 Å². The summed E-state index contributed by atoms with van der Waals surface area (Å²) in [5.41, 5.74) is -0.587. The molecule has 2 aromatic heterocycles. The van der Waals surface area contributed by atoms with Gasteiger partial charge in [-0.05, 0) is 30.3 Å². The molecule has 30 heavy (non-hydrogen) atoms. The fourth-order valence-electron chi connectivity index (χ4n) is 3.15. The number of fused-ring (bicyclic) bond motifs is 1. The van der Waals surface area contributed by atoms with E-state index < -0.39 is 34.4 Å². The zero-order valence-electron chi connectivity index (χ0n) is 15.5. The minimum atomic E-state index is -0.892. The van der Waals surface area contributed by atoms with Crippen LogP contribution in [-0.2, 0) is 6.54 Å². The van der Waals surface area contributed by atoms with Crippen LogP contribution in [0.4, 0.5) is 8.78 Å². The van der Waals surface area contributed by atoms with Gasteiger partial charge in [-0.2, -0.15) is 0 Å². The number of nitrogens with zero attached hydrogens (tertiary/aromatic N) is 2. The quantitative estimate of drug-likeness (QED) is 0.544. The number of aromatic nitrogens is 2. The van der Waals surface area contributed by atoms with Gasteiger partial charge in [-0.25, -0.2) is 13.8 Å². The molecule has 150 valence electrons. The average Bonchev–Trinajstić information content (AvgIpc) is 2.74. The molecule has 2 N–H and O–H groups in total. The number of nitrogens with one attached hydrogen (secondary N) is 1. The Morgan fingerprint density at radius 1 is 1.07 bits per heavy atom. The van der Waals surface area contributed by atoms with E-state index in [2.05, 4.69) is 10.3 Å². The molecule has 0 aliphatic carbocycles. The first kappa shape index (κ1) is 19.3. The zero-order valence-corrected chi connectivity index (χ0v) is 15.5. The highest BCUT2D eigenvalue weighted by atomic mass is 19.1. The standard InChI is InChI=1S/C22H15F2N3O3/c23-14-9-8-13(17(24)11-14)12-26-21(29)18-19(28)16-7-4-10-25-20(16)27(22(18)30)15-5-2-1-3-6-15/h1-11,28H,12H2,(H,26,29). The van der Waals surface area contributed by atoms with Gasteiger partial charge in [-0.1, -0.05) is 24.3 Å². The van der Waals surface area contributed by atoms with Crippen LogP contribution < -0.4 is 10.9 Å². The third kappa shape index (κ3) is 3.39. The van der Waals surface area contributed by atoms with E-state index in [-0.39, 0.29) is 23.1 Å². The Bertz CT molecular complexity index is 1320. The van der Waals surface area contributed by atoms with Crippen LogP contribution in [-0.4, -0.2) is 20.6 Å². The molecule has 0 saturated heterocycles. The maximum Gasteiger partial charge on any atom is 0.273 e. The molecule has 2 aromatic carbocycles. The third-order valence-corrected chi connectivity index (χ3v) is 4.60. The van der Waals surface area contributed by atoms with E-state index >= 15 is 0 Å². The van der Waals surface area contributed by atoms with Gasteiger partial charge in [-0.3, -0.25) is 14.2 Å². The number of hydrogen-bond donors (Lipinski definition) is 2. The summed E-state index contributed by atoms with van der Waals surface area (Å²) in [6, 6.07) is 14.6. The summed E-state index contributed by atoms with van der Waals surface area (Å²) in [4.78, 5) is 30.1. The van der Waals surface area contributed by atoms with E-state index in [1.165, 1.54) is 22.9 Å². The van der Waals surface area contributed by atoms with E-state index in [4.69, 9.17) is 0 Å². The Kier molecular flexibility index (Phi) is 4.97. The van der Waals surface area contributed by atoms with Crippen LogP contribution in [0.2, 0.25) is 0 Å². The number of carbonyl (C=O) groups excluding carboxylic acids is 1. The van der Waals surface area contributed by atoms with Crippen molar-refractivity contribution in [2.24, 2.45) is 0 Å². The largest absolute Gasteiger partial charge is 0.506 e.